The zero-order chi connectivity index (χ0) is 16.2. The van der Waals surface area contributed by atoms with Gasteiger partial charge < -0.3 is 10.6 Å². The highest BCUT2D eigenvalue weighted by atomic mass is 16.1. The molecule has 4 nitrogen and oxygen atoms in total. The predicted molar refractivity (Wildman–Crippen MR) is 93.2 cm³/mol. The molecule has 0 bridgehead atoms. The number of anilines is 2. The molecule has 2 N–H and O–H groups in total. The Balaban J connectivity index is 1.71. The maximum Gasteiger partial charge on any atom is 0.270 e. The smallest absolute Gasteiger partial charge is 0.270 e. The van der Waals surface area contributed by atoms with E-state index in [1.165, 1.54) is 24.0 Å². The van der Waals surface area contributed by atoms with Gasteiger partial charge in [0, 0.05) is 23.6 Å². The largest absolute Gasteiger partial charge is 0.355 e. The van der Waals surface area contributed by atoms with Crippen molar-refractivity contribution < 1.29 is 4.79 Å². The number of aromatic nitrogens is 1. The molecule has 1 aliphatic carbocycles. The highest BCUT2D eigenvalue weighted by Gasteiger charge is 2.18. The molecule has 1 aliphatic rings. The first-order valence-corrected chi connectivity index (χ1v) is 8.23. The standard InChI is InChI=1S/C19H23N3O/c1-13-7-8-16(11-14(13)2)21-17-9-10-20-18(12-17)19(23)22-15-5-3-4-6-15/h7-12,15H,3-6H2,1-2H3,(H,20,21)(H,22,23). The van der Waals surface area contributed by atoms with E-state index in [2.05, 4.69) is 41.6 Å². The number of benzene rings is 1. The molecule has 0 atom stereocenters. The molecule has 0 radical (unpaired) electrons. The van der Waals surface area contributed by atoms with Gasteiger partial charge in [0.2, 0.25) is 0 Å². The van der Waals surface area contributed by atoms with Crippen LogP contribution in [0.2, 0.25) is 0 Å². The summed E-state index contributed by atoms with van der Waals surface area (Å²) < 4.78 is 0. The Morgan fingerprint density at radius 2 is 1.78 bits per heavy atom. The SMILES string of the molecule is Cc1ccc(Nc2ccnc(C(=O)NC3CCCC3)c2)cc1C. The van der Waals surface area contributed by atoms with Gasteiger partial charge in [0.1, 0.15) is 5.69 Å². The molecule has 1 aromatic carbocycles. The Bertz CT molecular complexity index is 706. The summed E-state index contributed by atoms with van der Waals surface area (Å²) in [5, 5.41) is 6.41. The van der Waals surface area contributed by atoms with Gasteiger partial charge in [-0.05, 0) is 62.1 Å². The van der Waals surface area contributed by atoms with Crippen molar-refractivity contribution in [3.8, 4) is 0 Å². The van der Waals surface area contributed by atoms with E-state index < -0.39 is 0 Å². The molecule has 4 heteroatoms. The van der Waals surface area contributed by atoms with Crippen molar-refractivity contribution in [2.75, 3.05) is 5.32 Å². The molecule has 1 fully saturated rings. The van der Waals surface area contributed by atoms with Gasteiger partial charge in [-0.3, -0.25) is 9.78 Å². The minimum atomic E-state index is -0.0827. The summed E-state index contributed by atoms with van der Waals surface area (Å²) in [7, 11) is 0. The molecule has 1 heterocycles. The monoisotopic (exact) mass is 309 g/mol. The normalized spacial score (nSPS) is 14.7. The van der Waals surface area contributed by atoms with Crippen LogP contribution < -0.4 is 10.6 Å². The zero-order valence-corrected chi connectivity index (χ0v) is 13.7. The van der Waals surface area contributed by atoms with Crippen LogP contribution in [0.25, 0.3) is 0 Å². The number of nitrogens with one attached hydrogen (secondary N) is 2. The van der Waals surface area contributed by atoms with Crippen molar-refractivity contribution in [1.29, 1.82) is 0 Å². The van der Waals surface area contributed by atoms with Gasteiger partial charge in [-0.25, -0.2) is 0 Å². The zero-order valence-electron chi connectivity index (χ0n) is 13.7. The Morgan fingerprint density at radius 1 is 1.04 bits per heavy atom. The highest BCUT2D eigenvalue weighted by Crippen LogP contribution is 2.21. The molecule has 2 aromatic rings. The maximum atomic E-state index is 12.3. The molecule has 1 saturated carbocycles. The predicted octanol–water partition coefficient (Wildman–Crippen LogP) is 4.11. The fourth-order valence-electron chi connectivity index (χ4n) is 2.95. The summed E-state index contributed by atoms with van der Waals surface area (Å²) in [5.41, 5.74) is 4.86. The van der Waals surface area contributed by atoms with Crippen LogP contribution in [0, 0.1) is 13.8 Å². The van der Waals surface area contributed by atoms with E-state index in [0.29, 0.717) is 11.7 Å². The lowest BCUT2D eigenvalue weighted by Crippen LogP contribution is -2.33. The second kappa shape index (κ2) is 6.82. The molecule has 23 heavy (non-hydrogen) atoms. The molecular formula is C19H23N3O. The second-order valence-electron chi connectivity index (χ2n) is 6.31. The summed E-state index contributed by atoms with van der Waals surface area (Å²) >= 11 is 0. The third-order valence-electron chi connectivity index (χ3n) is 4.48. The fourth-order valence-corrected chi connectivity index (χ4v) is 2.95. The van der Waals surface area contributed by atoms with Gasteiger partial charge in [-0.15, -0.1) is 0 Å². The molecule has 0 spiro atoms. The number of carbonyl (C=O) groups is 1. The lowest BCUT2D eigenvalue weighted by molar-refractivity contribution is 0.0933. The van der Waals surface area contributed by atoms with Crippen LogP contribution in [0.5, 0.6) is 0 Å². The number of nitrogens with zero attached hydrogens (tertiary/aromatic N) is 1. The summed E-state index contributed by atoms with van der Waals surface area (Å²) in [6.45, 7) is 4.19. The van der Waals surface area contributed by atoms with E-state index in [9.17, 15) is 4.79 Å². The van der Waals surface area contributed by atoms with E-state index in [4.69, 9.17) is 0 Å². The molecule has 120 valence electrons. The van der Waals surface area contributed by atoms with Crippen LogP contribution in [-0.2, 0) is 0 Å². The highest BCUT2D eigenvalue weighted by molar-refractivity contribution is 5.93. The molecule has 3 rings (SSSR count). The molecule has 1 aromatic heterocycles. The summed E-state index contributed by atoms with van der Waals surface area (Å²) in [4.78, 5) is 16.5. The fraction of sp³-hybridized carbons (Fsp3) is 0.368. The lowest BCUT2D eigenvalue weighted by Gasteiger charge is -2.13. The maximum absolute atomic E-state index is 12.3. The van der Waals surface area contributed by atoms with Crippen molar-refractivity contribution in [3.05, 3.63) is 53.3 Å². The van der Waals surface area contributed by atoms with Crippen LogP contribution in [-0.4, -0.2) is 16.9 Å². The molecule has 0 saturated heterocycles. The first-order valence-electron chi connectivity index (χ1n) is 8.23. The Kier molecular flexibility index (Phi) is 4.60. The van der Waals surface area contributed by atoms with E-state index in [0.717, 1.165) is 24.2 Å². The Hall–Kier alpha value is -2.36. The van der Waals surface area contributed by atoms with E-state index >= 15 is 0 Å². The summed E-state index contributed by atoms with van der Waals surface area (Å²) in [6, 6.07) is 10.2. The lowest BCUT2D eigenvalue weighted by atomic mass is 10.1. The first-order chi connectivity index (χ1) is 11.1. The minimum Gasteiger partial charge on any atom is -0.355 e. The van der Waals surface area contributed by atoms with Crippen LogP contribution in [0.3, 0.4) is 0 Å². The van der Waals surface area contributed by atoms with Crippen molar-refractivity contribution in [1.82, 2.24) is 10.3 Å². The van der Waals surface area contributed by atoms with Crippen molar-refractivity contribution in [2.24, 2.45) is 0 Å². The Labute approximate surface area is 137 Å². The van der Waals surface area contributed by atoms with Crippen molar-refractivity contribution in [3.63, 3.8) is 0 Å². The summed E-state index contributed by atoms with van der Waals surface area (Å²) in [5.74, 6) is -0.0827. The second-order valence-corrected chi connectivity index (χ2v) is 6.31. The number of carbonyl (C=O) groups excluding carboxylic acids is 1. The van der Waals surface area contributed by atoms with Crippen molar-refractivity contribution >= 4 is 17.3 Å². The number of pyridine rings is 1. The number of hydrogen-bond donors (Lipinski definition) is 2. The number of hydrogen-bond acceptors (Lipinski definition) is 3. The average molecular weight is 309 g/mol. The van der Waals surface area contributed by atoms with Gasteiger partial charge in [0.25, 0.3) is 5.91 Å². The third kappa shape index (κ3) is 3.89. The topological polar surface area (TPSA) is 54.0 Å². The van der Waals surface area contributed by atoms with E-state index in [1.54, 1.807) is 12.3 Å². The summed E-state index contributed by atoms with van der Waals surface area (Å²) in [6.07, 6.45) is 6.23. The molecule has 1 amide bonds. The minimum absolute atomic E-state index is 0.0827. The van der Waals surface area contributed by atoms with Crippen LogP contribution in [0.1, 0.15) is 47.3 Å². The van der Waals surface area contributed by atoms with Crippen molar-refractivity contribution in [2.45, 2.75) is 45.6 Å². The van der Waals surface area contributed by atoms with Gasteiger partial charge in [0.15, 0.2) is 0 Å². The quantitative estimate of drug-likeness (QED) is 0.893. The van der Waals surface area contributed by atoms with Gasteiger partial charge in [-0.2, -0.15) is 0 Å². The van der Waals surface area contributed by atoms with Crippen LogP contribution in [0.4, 0.5) is 11.4 Å². The number of rotatable bonds is 4. The van der Waals surface area contributed by atoms with Gasteiger partial charge in [-0.1, -0.05) is 18.9 Å². The van der Waals surface area contributed by atoms with Crippen LogP contribution >= 0.6 is 0 Å². The Morgan fingerprint density at radius 3 is 2.52 bits per heavy atom. The van der Waals surface area contributed by atoms with E-state index in [1.807, 2.05) is 12.1 Å². The molecular weight excluding hydrogens is 286 g/mol. The van der Waals surface area contributed by atoms with E-state index in [-0.39, 0.29) is 5.91 Å². The third-order valence-corrected chi connectivity index (χ3v) is 4.48. The number of aryl methyl sites for hydroxylation is 2. The first kappa shape index (κ1) is 15.5. The molecule has 0 unspecified atom stereocenters. The van der Waals surface area contributed by atoms with Crippen LogP contribution in [0.15, 0.2) is 36.5 Å². The molecule has 0 aliphatic heterocycles. The number of amides is 1. The van der Waals surface area contributed by atoms with Gasteiger partial charge in [0.05, 0.1) is 0 Å². The average Bonchev–Trinajstić information content (AvgIpc) is 3.04. The van der Waals surface area contributed by atoms with Gasteiger partial charge >= 0.3 is 0 Å².